The molecule has 0 saturated carbocycles. The molecule has 0 aliphatic carbocycles. The van der Waals surface area contributed by atoms with Gasteiger partial charge < -0.3 is 10.8 Å². The van der Waals surface area contributed by atoms with E-state index < -0.39 is 5.91 Å². The smallest absolute Gasteiger partial charge is 0.275 e. The van der Waals surface area contributed by atoms with Gasteiger partial charge in [0.2, 0.25) is 0 Å². The predicted molar refractivity (Wildman–Crippen MR) is 104 cm³/mol. The lowest BCUT2D eigenvalue weighted by Crippen LogP contribution is -2.21. The average molecular weight is 366 g/mol. The topological polar surface area (TPSA) is 87.7 Å². The lowest BCUT2D eigenvalue weighted by atomic mass is 10.0. The summed E-state index contributed by atoms with van der Waals surface area (Å²) in [5.74, 6) is -0.652. The summed E-state index contributed by atoms with van der Waals surface area (Å²) >= 11 is 6.10. The summed E-state index contributed by atoms with van der Waals surface area (Å²) in [6, 6.07) is 20.6. The van der Waals surface area contributed by atoms with Crippen molar-refractivity contribution in [2.45, 2.75) is 0 Å². The third-order valence-electron chi connectivity index (χ3n) is 3.74. The van der Waals surface area contributed by atoms with Crippen molar-refractivity contribution < 1.29 is 9.90 Å². The number of carbonyl (C=O) groups is 1. The predicted octanol–water partition coefficient (Wildman–Crippen LogP) is 3.81. The van der Waals surface area contributed by atoms with Crippen LogP contribution in [-0.4, -0.2) is 16.7 Å². The number of hydrazone groups is 1. The zero-order valence-corrected chi connectivity index (χ0v) is 14.4. The summed E-state index contributed by atoms with van der Waals surface area (Å²) in [7, 11) is 0. The number of benzene rings is 3. The Morgan fingerprint density at radius 3 is 2.38 bits per heavy atom. The number of hydrogen-bond donors (Lipinski definition) is 3. The van der Waals surface area contributed by atoms with Crippen molar-refractivity contribution in [3.8, 4) is 5.75 Å². The summed E-state index contributed by atoms with van der Waals surface area (Å²) in [6.45, 7) is 0. The van der Waals surface area contributed by atoms with Crippen molar-refractivity contribution in [2.24, 2.45) is 5.10 Å². The monoisotopic (exact) mass is 365 g/mol. The van der Waals surface area contributed by atoms with Gasteiger partial charge in [0.25, 0.3) is 5.91 Å². The third-order valence-corrected chi connectivity index (χ3v) is 3.97. The van der Waals surface area contributed by atoms with Gasteiger partial charge in [-0.05, 0) is 30.3 Å². The number of anilines is 1. The molecule has 0 radical (unpaired) electrons. The molecule has 0 bridgehead atoms. The molecule has 0 unspecified atom stereocenters. The van der Waals surface area contributed by atoms with E-state index in [1.807, 2.05) is 30.3 Å². The summed E-state index contributed by atoms with van der Waals surface area (Å²) in [5.41, 5.74) is 11.0. The third kappa shape index (κ3) is 3.84. The molecule has 3 aromatic rings. The van der Waals surface area contributed by atoms with Crippen molar-refractivity contribution in [3.05, 3.63) is 94.5 Å². The van der Waals surface area contributed by atoms with Crippen molar-refractivity contribution in [2.75, 3.05) is 5.73 Å². The highest BCUT2D eigenvalue weighted by Crippen LogP contribution is 2.22. The minimum atomic E-state index is -0.530. The fourth-order valence-electron chi connectivity index (χ4n) is 2.44. The van der Waals surface area contributed by atoms with E-state index in [4.69, 9.17) is 17.3 Å². The van der Waals surface area contributed by atoms with Crippen LogP contribution in [-0.2, 0) is 0 Å². The van der Waals surface area contributed by atoms with E-state index >= 15 is 0 Å². The first-order chi connectivity index (χ1) is 12.6. The first-order valence-electron chi connectivity index (χ1n) is 7.83. The van der Waals surface area contributed by atoms with Gasteiger partial charge in [-0.1, -0.05) is 54.1 Å². The Kier molecular flexibility index (Phi) is 5.20. The van der Waals surface area contributed by atoms with Gasteiger partial charge in [0.15, 0.2) is 0 Å². The molecular weight excluding hydrogens is 350 g/mol. The molecule has 0 spiro atoms. The Morgan fingerprint density at radius 2 is 1.65 bits per heavy atom. The lowest BCUT2D eigenvalue weighted by molar-refractivity contribution is 0.0952. The molecule has 3 aromatic carbocycles. The van der Waals surface area contributed by atoms with E-state index in [0.29, 0.717) is 22.0 Å². The summed E-state index contributed by atoms with van der Waals surface area (Å²) < 4.78 is 0. The number of nitrogen functional groups attached to an aromatic ring is 1. The molecule has 0 aromatic heterocycles. The van der Waals surface area contributed by atoms with Gasteiger partial charge in [-0.2, -0.15) is 5.10 Å². The number of aromatic hydroxyl groups is 1. The number of carbonyl (C=O) groups excluding carboxylic acids is 1. The van der Waals surface area contributed by atoms with Gasteiger partial charge in [-0.15, -0.1) is 0 Å². The molecule has 4 N–H and O–H groups in total. The van der Waals surface area contributed by atoms with Crippen molar-refractivity contribution in [1.29, 1.82) is 0 Å². The first kappa shape index (κ1) is 17.5. The number of nitrogens with zero attached hydrogens (tertiary/aromatic N) is 1. The molecule has 26 heavy (non-hydrogen) atoms. The summed E-state index contributed by atoms with van der Waals surface area (Å²) in [4.78, 5) is 12.3. The van der Waals surface area contributed by atoms with Crippen LogP contribution in [0.25, 0.3) is 0 Å². The molecule has 0 aliphatic rings. The minimum Gasteiger partial charge on any atom is -0.507 e. The molecule has 3 rings (SSSR count). The van der Waals surface area contributed by atoms with E-state index in [1.54, 1.807) is 30.3 Å². The standard InChI is InChI=1S/C20H16ClN3O2/c21-14-10-11-17(22)16(12-14)19(13-6-2-1-3-7-13)23-24-20(26)15-8-4-5-9-18(15)25/h1-12,25H,22H2,(H,24,26)/b23-19-. The van der Waals surface area contributed by atoms with Crippen LogP contribution in [0.1, 0.15) is 21.5 Å². The highest BCUT2D eigenvalue weighted by atomic mass is 35.5. The lowest BCUT2D eigenvalue weighted by Gasteiger charge is -2.11. The largest absolute Gasteiger partial charge is 0.507 e. The van der Waals surface area contributed by atoms with E-state index in [0.717, 1.165) is 5.56 Å². The fourth-order valence-corrected chi connectivity index (χ4v) is 2.61. The molecule has 130 valence electrons. The Bertz CT molecular complexity index is 972. The Labute approximate surface area is 155 Å². The fraction of sp³-hybridized carbons (Fsp3) is 0. The molecule has 0 atom stereocenters. The van der Waals surface area contributed by atoms with Crippen molar-refractivity contribution in [3.63, 3.8) is 0 Å². The van der Waals surface area contributed by atoms with E-state index in [-0.39, 0.29) is 11.3 Å². The van der Waals surface area contributed by atoms with Crippen LogP contribution in [0.2, 0.25) is 5.02 Å². The molecule has 0 fully saturated rings. The Hall–Kier alpha value is -3.31. The number of hydrogen-bond acceptors (Lipinski definition) is 4. The number of para-hydroxylation sites is 1. The van der Waals surface area contributed by atoms with Crippen LogP contribution >= 0.6 is 11.6 Å². The van der Waals surface area contributed by atoms with Crippen molar-refractivity contribution in [1.82, 2.24) is 5.43 Å². The van der Waals surface area contributed by atoms with Gasteiger partial charge in [0.05, 0.1) is 11.3 Å². The SMILES string of the molecule is Nc1ccc(Cl)cc1/C(=N\NC(=O)c1ccccc1O)c1ccccc1. The first-order valence-corrected chi connectivity index (χ1v) is 8.21. The molecule has 5 nitrogen and oxygen atoms in total. The van der Waals surface area contributed by atoms with Crippen LogP contribution in [0.3, 0.4) is 0 Å². The second kappa shape index (κ2) is 7.72. The Morgan fingerprint density at radius 1 is 0.962 bits per heavy atom. The van der Waals surface area contributed by atoms with E-state index in [9.17, 15) is 9.90 Å². The van der Waals surface area contributed by atoms with Crippen LogP contribution in [0, 0.1) is 0 Å². The van der Waals surface area contributed by atoms with Crippen LogP contribution in [0.5, 0.6) is 5.75 Å². The molecule has 0 heterocycles. The second-order valence-corrected chi connectivity index (χ2v) is 5.95. The van der Waals surface area contributed by atoms with Gasteiger partial charge in [-0.25, -0.2) is 5.43 Å². The number of nitrogens with one attached hydrogen (secondary N) is 1. The molecule has 0 saturated heterocycles. The normalized spacial score (nSPS) is 11.2. The van der Waals surface area contributed by atoms with Crippen LogP contribution in [0.15, 0.2) is 77.9 Å². The number of phenols is 1. The zero-order valence-electron chi connectivity index (χ0n) is 13.7. The second-order valence-electron chi connectivity index (χ2n) is 5.52. The number of nitrogens with two attached hydrogens (primary N) is 1. The van der Waals surface area contributed by atoms with Gasteiger partial charge in [0.1, 0.15) is 5.75 Å². The number of phenolic OH excluding ortho intramolecular Hbond substituents is 1. The molecule has 0 aliphatic heterocycles. The highest BCUT2D eigenvalue weighted by molar-refractivity contribution is 6.31. The minimum absolute atomic E-state index is 0.122. The highest BCUT2D eigenvalue weighted by Gasteiger charge is 2.14. The quantitative estimate of drug-likeness (QED) is 0.373. The molecule has 6 heteroatoms. The number of amides is 1. The summed E-state index contributed by atoms with van der Waals surface area (Å²) in [6.07, 6.45) is 0. The maximum absolute atomic E-state index is 12.3. The zero-order chi connectivity index (χ0) is 18.5. The summed E-state index contributed by atoms with van der Waals surface area (Å²) in [5, 5.41) is 14.6. The van der Waals surface area contributed by atoms with Gasteiger partial charge >= 0.3 is 0 Å². The van der Waals surface area contributed by atoms with Gasteiger partial charge in [0, 0.05) is 21.8 Å². The van der Waals surface area contributed by atoms with E-state index in [1.165, 1.54) is 12.1 Å². The molecule has 1 amide bonds. The molecular formula is C20H16ClN3O2. The maximum Gasteiger partial charge on any atom is 0.275 e. The van der Waals surface area contributed by atoms with Crippen LogP contribution in [0.4, 0.5) is 5.69 Å². The maximum atomic E-state index is 12.3. The van der Waals surface area contributed by atoms with Crippen LogP contribution < -0.4 is 11.2 Å². The van der Waals surface area contributed by atoms with Gasteiger partial charge in [-0.3, -0.25) is 4.79 Å². The Balaban J connectivity index is 2.01. The number of rotatable bonds is 4. The average Bonchev–Trinajstić information content (AvgIpc) is 2.65. The number of halogens is 1. The van der Waals surface area contributed by atoms with E-state index in [2.05, 4.69) is 10.5 Å². The van der Waals surface area contributed by atoms with Crippen molar-refractivity contribution >= 4 is 28.9 Å².